The number of fused-ring (bicyclic) bond motifs is 2. The highest BCUT2D eigenvalue weighted by molar-refractivity contribution is 5.93. The molecule has 1 aromatic carbocycles. The summed E-state index contributed by atoms with van der Waals surface area (Å²) < 4.78 is 5.81. The number of nitrogens with one attached hydrogen (secondary N) is 2. The van der Waals surface area contributed by atoms with Crippen molar-refractivity contribution in [3.63, 3.8) is 0 Å². The zero-order valence-electron chi connectivity index (χ0n) is 24.5. The molecular weight excluding hydrogens is 563 g/mol. The van der Waals surface area contributed by atoms with E-state index in [9.17, 15) is 14.4 Å². The van der Waals surface area contributed by atoms with E-state index in [4.69, 9.17) is 4.74 Å². The van der Waals surface area contributed by atoms with Gasteiger partial charge < -0.3 is 20.3 Å². The lowest BCUT2D eigenvalue weighted by molar-refractivity contribution is -0.150. The molecule has 10 heteroatoms. The largest absolute Gasteiger partial charge is 0.493 e. The highest BCUT2D eigenvalue weighted by Crippen LogP contribution is 2.33. The minimum atomic E-state index is -0.571. The molecule has 41 heavy (non-hydrogen) atoms. The molecule has 8 nitrogen and oxygen atoms in total. The van der Waals surface area contributed by atoms with Crippen LogP contribution in [0.15, 0.2) is 24.3 Å². The third-order valence-corrected chi connectivity index (χ3v) is 9.59. The molecule has 3 heterocycles. The maximum absolute atomic E-state index is 14.4. The van der Waals surface area contributed by atoms with E-state index < -0.39 is 12.1 Å². The molecule has 0 spiro atoms. The minimum Gasteiger partial charge on any atom is -0.493 e. The molecular formula is C31H48Cl2N4O4. The Morgan fingerprint density at radius 2 is 1.68 bits per heavy atom. The standard InChI is InChI=1S/C31H46N4O4.2ClH/c1-3-21(4-2)29(36)33-28(22-11-6-5-7-12-22)31(38)35-19-23-13-10-17-34(23)20-26(35)30(37)32-25-16-18-39-27-15-9-8-14-24(25)27;;/h8-9,14-15,21-23,25-26,28H,3-7,10-13,16-20H2,1-2H3,(H,32,37)(H,33,36);2*1H/t23-,25-,26+,28+;;/m1../s1. The predicted molar refractivity (Wildman–Crippen MR) is 165 cm³/mol. The van der Waals surface area contributed by atoms with Crippen molar-refractivity contribution in [1.29, 1.82) is 0 Å². The van der Waals surface area contributed by atoms with Gasteiger partial charge in [-0.2, -0.15) is 0 Å². The molecule has 0 aromatic heterocycles. The average molecular weight is 612 g/mol. The molecule has 5 rings (SSSR count). The second-order valence-electron chi connectivity index (χ2n) is 11.9. The zero-order valence-corrected chi connectivity index (χ0v) is 26.1. The minimum absolute atomic E-state index is 0. The van der Waals surface area contributed by atoms with Crippen molar-refractivity contribution in [2.45, 2.75) is 102 Å². The van der Waals surface area contributed by atoms with Crippen LogP contribution in [0.2, 0.25) is 0 Å². The summed E-state index contributed by atoms with van der Waals surface area (Å²) >= 11 is 0. The Balaban J connectivity index is 0.00000231. The number of rotatable bonds is 8. The van der Waals surface area contributed by atoms with E-state index in [0.29, 0.717) is 26.1 Å². The third-order valence-electron chi connectivity index (χ3n) is 9.59. The molecule has 2 saturated heterocycles. The summed E-state index contributed by atoms with van der Waals surface area (Å²) in [5.41, 5.74) is 0.988. The first-order valence-electron chi connectivity index (χ1n) is 15.4. The van der Waals surface area contributed by atoms with Gasteiger partial charge in [0.2, 0.25) is 17.7 Å². The van der Waals surface area contributed by atoms with Crippen LogP contribution in [0.4, 0.5) is 0 Å². The van der Waals surface area contributed by atoms with Crippen molar-refractivity contribution in [3.05, 3.63) is 29.8 Å². The molecule has 0 radical (unpaired) electrons. The van der Waals surface area contributed by atoms with Gasteiger partial charge in [0.15, 0.2) is 0 Å². The molecule has 1 saturated carbocycles. The average Bonchev–Trinajstić information content (AvgIpc) is 3.44. The van der Waals surface area contributed by atoms with Gasteiger partial charge in [0.05, 0.1) is 12.6 Å². The Labute approximate surface area is 257 Å². The van der Waals surface area contributed by atoms with Crippen molar-refractivity contribution in [1.82, 2.24) is 20.4 Å². The van der Waals surface area contributed by atoms with Crippen LogP contribution in [-0.4, -0.2) is 71.9 Å². The Bertz CT molecular complexity index is 1030. The van der Waals surface area contributed by atoms with Gasteiger partial charge >= 0.3 is 0 Å². The Hall–Kier alpha value is -2.03. The number of benzene rings is 1. The van der Waals surface area contributed by atoms with Crippen LogP contribution in [0.5, 0.6) is 5.75 Å². The number of hydrogen-bond donors (Lipinski definition) is 2. The number of para-hydroxylation sites is 1. The first-order valence-corrected chi connectivity index (χ1v) is 15.4. The lowest BCUT2D eigenvalue weighted by Crippen LogP contribution is -2.66. The van der Waals surface area contributed by atoms with Crippen molar-refractivity contribution in [3.8, 4) is 5.75 Å². The maximum atomic E-state index is 14.4. The topological polar surface area (TPSA) is 91.0 Å². The molecule has 0 bridgehead atoms. The van der Waals surface area contributed by atoms with Gasteiger partial charge in [-0.1, -0.05) is 51.3 Å². The SMILES string of the molecule is CCC(CC)C(=O)N[C@H](C(=O)N1C[C@H]2CCCN2C[C@H]1C(=O)N[C@@H]1CCOc2ccccc21)C1CCCCC1.Cl.Cl. The quantitative estimate of drug-likeness (QED) is 0.447. The Kier molecular flexibility index (Phi) is 12.6. The van der Waals surface area contributed by atoms with Crippen LogP contribution in [-0.2, 0) is 14.4 Å². The number of piperazine rings is 1. The van der Waals surface area contributed by atoms with E-state index in [1.807, 2.05) is 43.0 Å². The van der Waals surface area contributed by atoms with Crippen molar-refractivity contribution >= 4 is 42.5 Å². The lowest BCUT2D eigenvalue weighted by atomic mass is 9.82. The van der Waals surface area contributed by atoms with E-state index in [1.165, 1.54) is 6.42 Å². The predicted octanol–water partition coefficient (Wildman–Crippen LogP) is 4.65. The van der Waals surface area contributed by atoms with Crippen LogP contribution in [0.1, 0.15) is 89.7 Å². The van der Waals surface area contributed by atoms with Gasteiger partial charge in [-0.15, -0.1) is 24.8 Å². The highest BCUT2D eigenvalue weighted by Gasteiger charge is 2.45. The number of carbonyl (C=O) groups excluding carboxylic acids is 3. The number of hydrogen-bond acceptors (Lipinski definition) is 5. The van der Waals surface area contributed by atoms with E-state index in [2.05, 4.69) is 15.5 Å². The summed E-state index contributed by atoms with van der Waals surface area (Å²) in [4.78, 5) is 45.8. The molecule has 3 amide bonds. The van der Waals surface area contributed by atoms with Crippen LogP contribution in [0.3, 0.4) is 0 Å². The molecule has 230 valence electrons. The van der Waals surface area contributed by atoms with Crippen LogP contribution < -0.4 is 15.4 Å². The highest BCUT2D eigenvalue weighted by atomic mass is 35.5. The molecule has 4 atom stereocenters. The summed E-state index contributed by atoms with van der Waals surface area (Å²) in [5, 5.41) is 6.49. The molecule has 2 N–H and O–H groups in total. The van der Waals surface area contributed by atoms with E-state index in [1.54, 1.807) is 0 Å². The van der Waals surface area contributed by atoms with Gasteiger partial charge in [0.25, 0.3) is 0 Å². The van der Waals surface area contributed by atoms with Crippen LogP contribution in [0, 0.1) is 11.8 Å². The second kappa shape index (κ2) is 15.4. The smallest absolute Gasteiger partial charge is 0.246 e. The lowest BCUT2D eigenvalue weighted by Gasteiger charge is -2.45. The van der Waals surface area contributed by atoms with Gasteiger partial charge in [-0.25, -0.2) is 0 Å². The Morgan fingerprint density at radius 1 is 0.951 bits per heavy atom. The first kappa shape index (κ1) is 33.5. The van der Waals surface area contributed by atoms with Crippen molar-refractivity contribution < 1.29 is 19.1 Å². The fourth-order valence-electron chi connectivity index (χ4n) is 7.20. The summed E-state index contributed by atoms with van der Waals surface area (Å²) in [7, 11) is 0. The fourth-order valence-corrected chi connectivity index (χ4v) is 7.20. The van der Waals surface area contributed by atoms with Gasteiger partial charge in [-0.3, -0.25) is 19.3 Å². The van der Waals surface area contributed by atoms with Crippen LogP contribution in [0.25, 0.3) is 0 Å². The molecule has 1 aromatic rings. The molecule has 3 aliphatic heterocycles. The monoisotopic (exact) mass is 610 g/mol. The fraction of sp³-hybridized carbons (Fsp3) is 0.710. The normalized spacial score (nSPS) is 25.0. The molecule has 0 unspecified atom stereocenters. The first-order chi connectivity index (χ1) is 19.0. The number of carbonyl (C=O) groups is 3. The number of amides is 3. The number of nitrogens with zero attached hydrogens (tertiary/aromatic N) is 2. The molecule has 4 aliphatic rings. The molecule has 1 aliphatic carbocycles. The van der Waals surface area contributed by atoms with E-state index in [0.717, 1.165) is 69.2 Å². The molecule has 3 fully saturated rings. The van der Waals surface area contributed by atoms with Gasteiger partial charge in [0, 0.05) is 37.0 Å². The maximum Gasteiger partial charge on any atom is 0.246 e. The number of ether oxygens (including phenoxy) is 1. The van der Waals surface area contributed by atoms with Crippen LogP contribution >= 0.6 is 24.8 Å². The van der Waals surface area contributed by atoms with E-state index >= 15 is 0 Å². The summed E-state index contributed by atoms with van der Waals surface area (Å²) in [5.74, 6) is 0.639. The zero-order chi connectivity index (χ0) is 27.4. The van der Waals surface area contributed by atoms with Crippen molar-refractivity contribution in [2.24, 2.45) is 11.8 Å². The summed E-state index contributed by atoms with van der Waals surface area (Å²) in [6.07, 6.45) is 9.57. The summed E-state index contributed by atoms with van der Waals surface area (Å²) in [6, 6.07) is 6.86. The summed E-state index contributed by atoms with van der Waals surface area (Å²) in [6.45, 7) is 6.66. The van der Waals surface area contributed by atoms with Crippen molar-refractivity contribution in [2.75, 3.05) is 26.2 Å². The second-order valence-corrected chi connectivity index (χ2v) is 11.9. The third kappa shape index (κ3) is 7.49. The number of halogens is 2. The van der Waals surface area contributed by atoms with Gasteiger partial charge in [-0.05, 0) is 57.1 Å². The van der Waals surface area contributed by atoms with Gasteiger partial charge in [0.1, 0.15) is 17.8 Å². The Morgan fingerprint density at radius 3 is 2.41 bits per heavy atom. The van der Waals surface area contributed by atoms with E-state index in [-0.39, 0.29) is 66.5 Å².